The van der Waals surface area contributed by atoms with Gasteiger partial charge in [-0.05, 0) is 42.5 Å². The van der Waals surface area contributed by atoms with Crippen LogP contribution in [0.3, 0.4) is 0 Å². The van der Waals surface area contributed by atoms with Crippen molar-refractivity contribution in [3.8, 4) is 17.6 Å². The van der Waals surface area contributed by atoms with Crippen LogP contribution in [0.5, 0.6) is 11.5 Å². The monoisotopic (exact) mass is 348 g/mol. The molecular weight excluding hydrogens is 335 g/mol. The molecular formula is C17H14ClFN2O3. The molecule has 0 heterocycles. The van der Waals surface area contributed by atoms with Gasteiger partial charge in [-0.1, -0.05) is 11.6 Å². The summed E-state index contributed by atoms with van der Waals surface area (Å²) >= 11 is 5.83. The Labute approximate surface area is 143 Å². The second kappa shape index (κ2) is 8.75. The number of rotatable bonds is 7. The van der Waals surface area contributed by atoms with Gasteiger partial charge in [-0.25, -0.2) is 4.39 Å². The van der Waals surface area contributed by atoms with Crippen molar-refractivity contribution in [1.29, 1.82) is 5.26 Å². The Kier molecular flexibility index (Phi) is 6.41. The van der Waals surface area contributed by atoms with Crippen LogP contribution in [-0.2, 0) is 4.79 Å². The molecule has 1 N–H and O–H groups in total. The number of ether oxygens (including phenoxy) is 2. The molecule has 7 heteroatoms. The van der Waals surface area contributed by atoms with Crippen LogP contribution in [0.25, 0.3) is 0 Å². The summed E-state index contributed by atoms with van der Waals surface area (Å²) in [4.78, 5) is 11.8. The summed E-state index contributed by atoms with van der Waals surface area (Å²) in [5, 5.41) is 11.3. The average Bonchev–Trinajstić information content (AvgIpc) is 2.56. The molecule has 0 saturated carbocycles. The van der Waals surface area contributed by atoms with E-state index in [2.05, 4.69) is 5.32 Å². The smallest absolute Gasteiger partial charge is 0.227 e. The van der Waals surface area contributed by atoms with Crippen LogP contribution in [-0.4, -0.2) is 19.1 Å². The first-order valence-electron chi connectivity index (χ1n) is 7.06. The first-order valence-corrected chi connectivity index (χ1v) is 7.44. The quantitative estimate of drug-likeness (QED) is 0.826. The van der Waals surface area contributed by atoms with Gasteiger partial charge in [0.1, 0.15) is 23.4 Å². The number of hydrogen-bond donors (Lipinski definition) is 1. The highest BCUT2D eigenvalue weighted by molar-refractivity contribution is 6.32. The molecule has 0 aliphatic rings. The lowest BCUT2D eigenvalue weighted by Crippen LogP contribution is -2.15. The lowest BCUT2D eigenvalue weighted by molar-refractivity contribution is -0.116. The van der Waals surface area contributed by atoms with E-state index in [1.54, 1.807) is 24.3 Å². The highest BCUT2D eigenvalue weighted by atomic mass is 35.5. The third-order valence-electron chi connectivity index (χ3n) is 2.92. The zero-order chi connectivity index (χ0) is 17.4. The van der Waals surface area contributed by atoms with E-state index >= 15 is 0 Å². The van der Waals surface area contributed by atoms with Gasteiger partial charge in [0, 0.05) is 5.69 Å². The Bertz CT molecular complexity index is 744. The zero-order valence-electron chi connectivity index (χ0n) is 12.6. The van der Waals surface area contributed by atoms with Crippen LogP contribution < -0.4 is 14.8 Å². The second-order valence-corrected chi connectivity index (χ2v) is 5.10. The van der Waals surface area contributed by atoms with E-state index in [-0.39, 0.29) is 30.6 Å². The lowest BCUT2D eigenvalue weighted by Gasteiger charge is -2.09. The molecule has 24 heavy (non-hydrogen) atoms. The van der Waals surface area contributed by atoms with Gasteiger partial charge in [0.2, 0.25) is 5.91 Å². The topological polar surface area (TPSA) is 71.3 Å². The van der Waals surface area contributed by atoms with Crippen molar-refractivity contribution in [2.75, 3.05) is 18.5 Å². The van der Waals surface area contributed by atoms with Gasteiger partial charge in [-0.2, -0.15) is 5.26 Å². The maximum absolute atomic E-state index is 12.9. The summed E-state index contributed by atoms with van der Waals surface area (Å²) in [6, 6.07) is 12.3. The lowest BCUT2D eigenvalue weighted by atomic mass is 10.3. The molecule has 124 valence electrons. The summed E-state index contributed by atoms with van der Waals surface area (Å²) in [6.45, 7) is 0.0789. The highest BCUT2D eigenvalue weighted by Gasteiger charge is 2.06. The van der Waals surface area contributed by atoms with Crippen molar-refractivity contribution < 1.29 is 18.7 Å². The minimum Gasteiger partial charge on any atom is -0.491 e. The van der Waals surface area contributed by atoms with Crippen LogP contribution >= 0.6 is 11.6 Å². The molecule has 1 amide bonds. The summed E-state index contributed by atoms with van der Waals surface area (Å²) in [5.41, 5.74) is 0.601. The molecule has 0 aliphatic carbocycles. The van der Waals surface area contributed by atoms with Gasteiger partial charge in [0.05, 0.1) is 18.1 Å². The number of halogens is 2. The van der Waals surface area contributed by atoms with E-state index in [4.69, 9.17) is 26.3 Å². The predicted octanol–water partition coefficient (Wildman–Crippen LogP) is 3.79. The van der Waals surface area contributed by atoms with Gasteiger partial charge >= 0.3 is 0 Å². The number of nitriles is 1. The highest BCUT2D eigenvalue weighted by Crippen LogP contribution is 2.25. The minimum absolute atomic E-state index is 0.0327. The number of hydrogen-bond acceptors (Lipinski definition) is 4. The van der Waals surface area contributed by atoms with Crippen LogP contribution in [0.15, 0.2) is 42.5 Å². The molecule has 2 aromatic carbocycles. The molecule has 0 saturated heterocycles. The fourth-order valence-corrected chi connectivity index (χ4v) is 2.04. The fraction of sp³-hybridized carbons (Fsp3) is 0.176. The van der Waals surface area contributed by atoms with Crippen LogP contribution in [0.4, 0.5) is 10.1 Å². The van der Waals surface area contributed by atoms with Gasteiger partial charge in [0.25, 0.3) is 0 Å². The molecule has 0 unspecified atom stereocenters. The van der Waals surface area contributed by atoms with Crippen molar-refractivity contribution in [2.45, 2.75) is 6.42 Å². The molecule has 0 bridgehead atoms. The maximum Gasteiger partial charge on any atom is 0.227 e. The van der Waals surface area contributed by atoms with Crippen molar-refractivity contribution in [2.24, 2.45) is 0 Å². The molecule has 0 aromatic heterocycles. The normalized spacial score (nSPS) is 9.88. The Morgan fingerprint density at radius 3 is 2.62 bits per heavy atom. The molecule has 2 rings (SSSR count). The van der Waals surface area contributed by atoms with E-state index in [1.165, 1.54) is 12.1 Å². The number of benzene rings is 2. The third kappa shape index (κ3) is 5.45. The minimum atomic E-state index is -0.452. The Morgan fingerprint density at radius 2 is 1.96 bits per heavy atom. The summed E-state index contributed by atoms with van der Waals surface area (Å²) < 4.78 is 23.4. The van der Waals surface area contributed by atoms with Crippen molar-refractivity contribution in [3.63, 3.8) is 0 Å². The largest absolute Gasteiger partial charge is 0.491 e. The summed E-state index contributed by atoms with van der Waals surface area (Å²) in [6.07, 6.45) is 0.111. The first-order chi connectivity index (χ1) is 11.6. The number of nitrogens with one attached hydrogen (secondary N) is 1. The van der Waals surface area contributed by atoms with Crippen molar-refractivity contribution in [1.82, 2.24) is 0 Å². The number of carbonyl (C=O) groups is 1. The Morgan fingerprint density at radius 1 is 1.21 bits per heavy atom. The van der Waals surface area contributed by atoms with Crippen LogP contribution in [0.2, 0.25) is 5.02 Å². The summed E-state index contributed by atoms with van der Waals surface area (Å²) in [5.74, 6) is 0.180. The molecule has 0 atom stereocenters. The third-order valence-corrected chi connectivity index (χ3v) is 3.22. The first kappa shape index (κ1) is 17.6. The van der Waals surface area contributed by atoms with Gasteiger partial charge in [0.15, 0.2) is 6.61 Å². The standard InChI is InChI=1S/C17H14ClFN2O3/c18-15-11-12(19)1-6-16(15)24-9-7-17(22)21-13-2-4-14(5-3-13)23-10-8-20/h1-6,11H,7,9-10H2,(H,21,22). The Hall–Kier alpha value is -2.78. The molecule has 0 radical (unpaired) electrons. The number of anilines is 1. The molecule has 2 aromatic rings. The summed E-state index contributed by atoms with van der Waals surface area (Å²) in [7, 11) is 0. The zero-order valence-corrected chi connectivity index (χ0v) is 13.3. The van der Waals surface area contributed by atoms with Crippen molar-refractivity contribution >= 4 is 23.2 Å². The number of carbonyl (C=O) groups excluding carboxylic acids is 1. The van der Waals surface area contributed by atoms with Crippen molar-refractivity contribution in [3.05, 3.63) is 53.3 Å². The van der Waals surface area contributed by atoms with Crippen LogP contribution in [0, 0.1) is 17.1 Å². The SMILES string of the molecule is N#CCOc1ccc(NC(=O)CCOc2ccc(F)cc2Cl)cc1. The predicted molar refractivity (Wildman–Crippen MR) is 87.7 cm³/mol. The van der Waals surface area contributed by atoms with E-state index in [0.29, 0.717) is 17.2 Å². The maximum atomic E-state index is 12.9. The number of nitrogens with zero attached hydrogens (tertiary/aromatic N) is 1. The van der Waals surface area contributed by atoms with Gasteiger partial charge in [-0.3, -0.25) is 4.79 Å². The van der Waals surface area contributed by atoms with Crippen LogP contribution in [0.1, 0.15) is 6.42 Å². The van der Waals surface area contributed by atoms with Gasteiger partial charge < -0.3 is 14.8 Å². The Balaban J connectivity index is 1.77. The molecule has 0 aliphatic heterocycles. The molecule has 5 nitrogen and oxygen atoms in total. The second-order valence-electron chi connectivity index (χ2n) is 4.69. The fourth-order valence-electron chi connectivity index (χ4n) is 1.82. The average molecular weight is 349 g/mol. The molecule has 0 fully saturated rings. The van der Waals surface area contributed by atoms with E-state index < -0.39 is 5.82 Å². The van der Waals surface area contributed by atoms with E-state index in [0.717, 1.165) is 6.07 Å². The molecule has 0 spiro atoms. The van der Waals surface area contributed by atoms with E-state index in [9.17, 15) is 9.18 Å². The number of amides is 1. The van der Waals surface area contributed by atoms with Gasteiger partial charge in [-0.15, -0.1) is 0 Å². The van der Waals surface area contributed by atoms with E-state index in [1.807, 2.05) is 6.07 Å².